The summed E-state index contributed by atoms with van der Waals surface area (Å²) in [6, 6.07) is 5.97. The SMILES string of the molecule is COc1ccc(NC(=O)CC(C)NC2CCN(C(C)(C)C)CC2)c(OC)c1. The molecule has 1 saturated heterocycles. The number of nitrogens with zero attached hydrogens (tertiary/aromatic N) is 1. The zero-order valence-corrected chi connectivity index (χ0v) is 17.6. The molecule has 1 aromatic carbocycles. The highest BCUT2D eigenvalue weighted by atomic mass is 16.5. The fourth-order valence-electron chi connectivity index (χ4n) is 3.56. The van der Waals surface area contributed by atoms with Crippen molar-refractivity contribution in [3.63, 3.8) is 0 Å². The standard InChI is InChI=1S/C21H35N3O3/c1-15(22-16-9-11-24(12-10-16)21(2,3)4)13-20(25)23-18-8-7-17(26-5)14-19(18)27-6/h7-8,14-16,22H,9-13H2,1-6H3,(H,23,25). The van der Waals surface area contributed by atoms with Crippen molar-refractivity contribution in [1.82, 2.24) is 10.2 Å². The Kier molecular flexibility index (Phi) is 7.50. The van der Waals surface area contributed by atoms with Crippen LogP contribution in [0.1, 0.15) is 47.0 Å². The average molecular weight is 378 g/mol. The number of methoxy groups -OCH3 is 2. The average Bonchev–Trinajstić information content (AvgIpc) is 2.61. The zero-order valence-electron chi connectivity index (χ0n) is 17.6. The smallest absolute Gasteiger partial charge is 0.226 e. The van der Waals surface area contributed by atoms with Crippen molar-refractivity contribution in [3.05, 3.63) is 18.2 Å². The Labute approximate surface area is 163 Å². The number of piperidine rings is 1. The second kappa shape index (κ2) is 9.42. The molecule has 2 rings (SSSR count). The number of likely N-dealkylation sites (tertiary alicyclic amines) is 1. The molecule has 6 heteroatoms. The number of carbonyl (C=O) groups excluding carboxylic acids is 1. The lowest BCUT2D eigenvalue weighted by Gasteiger charge is -2.41. The molecule has 2 N–H and O–H groups in total. The first-order valence-corrected chi connectivity index (χ1v) is 9.76. The van der Waals surface area contributed by atoms with E-state index in [1.165, 1.54) is 0 Å². The minimum Gasteiger partial charge on any atom is -0.497 e. The van der Waals surface area contributed by atoms with Gasteiger partial charge in [0.2, 0.25) is 5.91 Å². The van der Waals surface area contributed by atoms with Crippen LogP contribution in [0, 0.1) is 0 Å². The van der Waals surface area contributed by atoms with Crippen LogP contribution in [-0.2, 0) is 4.79 Å². The fraction of sp³-hybridized carbons (Fsp3) is 0.667. The molecular weight excluding hydrogens is 342 g/mol. The molecule has 6 nitrogen and oxygen atoms in total. The van der Waals surface area contributed by atoms with Crippen LogP contribution in [0.25, 0.3) is 0 Å². The van der Waals surface area contributed by atoms with E-state index in [9.17, 15) is 4.79 Å². The summed E-state index contributed by atoms with van der Waals surface area (Å²) in [6.45, 7) is 11.1. The first-order chi connectivity index (χ1) is 12.7. The highest BCUT2D eigenvalue weighted by Crippen LogP contribution is 2.29. The maximum Gasteiger partial charge on any atom is 0.226 e. The third-order valence-corrected chi connectivity index (χ3v) is 5.14. The van der Waals surface area contributed by atoms with E-state index in [4.69, 9.17) is 9.47 Å². The van der Waals surface area contributed by atoms with Crippen molar-refractivity contribution in [2.24, 2.45) is 0 Å². The Morgan fingerprint density at radius 1 is 1.22 bits per heavy atom. The monoisotopic (exact) mass is 377 g/mol. The highest BCUT2D eigenvalue weighted by molar-refractivity contribution is 5.92. The van der Waals surface area contributed by atoms with Crippen LogP contribution in [0.4, 0.5) is 5.69 Å². The van der Waals surface area contributed by atoms with E-state index in [0.717, 1.165) is 25.9 Å². The molecule has 1 aliphatic heterocycles. The van der Waals surface area contributed by atoms with Crippen molar-refractivity contribution in [1.29, 1.82) is 0 Å². The highest BCUT2D eigenvalue weighted by Gasteiger charge is 2.27. The van der Waals surface area contributed by atoms with E-state index >= 15 is 0 Å². The van der Waals surface area contributed by atoms with Gasteiger partial charge in [0.25, 0.3) is 0 Å². The summed E-state index contributed by atoms with van der Waals surface area (Å²) in [4.78, 5) is 15.0. The predicted octanol–water partition coefficient (Wildman–Crippen LogP) is 3.27. The van der Waals surface area contributed by atoms with Crippen LogP contribution in [-0.4, -0.2) is 55.7 Å². The van der Waals surface area contributed by atoms with Gasteiger partial charge >= 0.3 is 0 Å². The summed E-state index contributed by atoms with van der Waals surface area (Å²) in [6.07, 6.45) is 2.67. The van der Waals surface area contributed by atoms with E-state index < -0.39 is 0 Å². The third kappa shape index (κ3) is 6.40. The normalized spacial score (nSPS) is 17.4. The van der Waals surface area contributed by atoms with Crippen LogP contribution in [0.5, 0.6) is 11.5 Å². The maximum absolute atomic E-state index is 12.4. The molecular formula is C21H35N3O3. The number of rotatable bonds is 7. The van der Waals surface area contributed by atoms with Gasteiger partial charge in [0.15, 0.2) is 0 Å². The van der Waals surface area contributed by atoms with E-state index in [0.29, 0.717) is 29.6 Å². The molecule has 0 spiro atoms. The van der Waals surface area contributed by atoms with Gasteiger partial charge < -0.3 is 20.1 Å². The van der Waals surface area contributed by atoms with Crippen molar-refractivity contribution in [2.75, 3.05) is 32.6 Å². The Balaban J connectivity index is 1.81. The molecule has 1 heterocycles. The Morgan fingerprint density at radius 3 is 2.44 bits per heavy atom. The maximum atomic E-state index is 12.4. The number of hydrogen-bond acceptors (Lipinski definition) is 5. The van der Waals surface area contributed by atoms with Gasteiger partial charge in [-0.3, -0.25) is 9.69 Å². The summed E-state index contributed by atoms with van der Waals surface area (Å²) in [7, 11) is 3.19. The number of amides is 1. The molecule has 0 saturated carbocycles. The minimum absolute atomic E-state index is 0.0226. The molecule has 1 aliphatic rings. The van der Waals surface area contributed by atoms with Gasteiger partial charge in [-0.15, -0.1) is 0 Å². The van der Waals surface area contributed by atoms with E-state index in [-0.39, 0.29) is 17.5 Å². The molecule has 152 valence electrons. The fourth-order valence-corrected chi connectivity index (χ4v) is 3.56. The summed E-state index contributed by atoms with van der Waals surface area (Å²) >= 11 is 0. The quantitative estimate of drug-likeness (QED) is 0.764. The molecule has 0 aliphatic carbocycles. The third-order valence-electron chi connectivity index (χ3n) is 5.14. The molecule has 27 heavy (non-hydrogen) atoms. The number of hydrogen-bond donors (Lipinski definition) is 2. The molecule has 0 aromatic heterocycles. The first kappa shape index (κ1) is 21.5. The van der Waals surface area contributed by atoms with E-state index in [2.05, 4.69) is 43.2 Å². The number of anilines is 1. The summed E-state index contributed by atoms with van der Waals surface area (Å²) in [5.74, 6) is 1.27. The number of nitrogens with one attached hydrogen (secondary N) is 2. The van der Waals surface area contributed by atoms with Gasteiger partial charge in [0.05, 0.1) is 19.9 Å². The van der Waals surface area contributed by atoms with Crippen LogP contribution in [0.15, 0.2) is 18.2 Å². The minimum atomic E-state index is -0.0226. The van der Waals surface area contributed by atoms with Crippen LogP contribution >= 0.6 is 0 Å². The molecule has 0 radical (unpaired) electrons. The molecule has 1 fully saturated rings. The Hall–Kier alpha value is -1.79. The second-order valence-corrected chi connectivity index (χ2v) is 8.32. The first-order valence-electron chi connectivity index (χ1n) is 9.76. The largest absolute Gasteiger partial charge is 0.497 e. The van der Waals surface area contributed by atoms with Gasteiger partial charge in [-0.05, 0) is 52.7 Å². The summed E-state index contributed by atoms with van der Waals surface area (Å²) in [5.41, 5.74) is 0.891. The van der Waals surface area contributed by atoms with Gasteiger partial charge in [0.1, 0.15) is 11.5 Å². The molecule has 0 bridgehead atoms. The van der Waals surface area contributed by atoms with Crippen molar-refractivity contribution < 1.29 is 14.3 Å². The van der Waals surface area contributed by atoms with Crippen LogP contribution < -0.4 is 20.1 Å². The topological polar surface area (TPSA) is 62.8 Å². The molecule has 1 amide bonds. The van der Waals surface area contributed by atoms with Crippen molar-refractivity contribution in [2.45, 2.75) is 64.6 Å². The van der Waals surface area contributed by atoms with Gasteiger partial charge in [-0.2, -0.15) is 0 Å². The lowest BCUT2D eigenvalue weighted by Crippen LogP contribution is -2.51. The van der Waals surface area contributed by atoms with E-state index in [1.54, 1.807) is 26.4 Å². The molecule has 1 atom stereocenters. The summed E-state index contributed by atoms with van der Waals surface area (Å²) < 4.78 is 10.5. The van der Waals surface area contributed by atoms with E-state index in [1.807, 2.05) is 6.07 Å². The molecule has 1 aromatic rings. The number of carbonyl (C=O) groups is 1. The number of ether oxygens (including phenoxy) is 2. The molecule has 1 unspecified atom stereocenters. The van der Waals surface area contributed by atoms with Crippen molar-refractivity contribution >= 4 is 11.6 Å². The second-order valence-electron chi connectivity index (χ2n) is 8.32. The van der Waals surface area contributed by atoms with Gasteiger partial charge in [-0.25, -0.2) is 0 Å². The number of benzene rings is 1. The lowest BCUT2D eigenvalue weighted by atomic mass is 9.97. The lowest BCUT2D eigenvalue weighted by molar-refractivity contribution is -0.116. The zero-order chi connectivity index (χ0) is 20.0. The van der Waals surface area contributed by atoms with Gasteiger partial charge in [0, 0.05) is 43.2 Å². The van der Waals surface area contributed by atoms with Crippen molar-refractivity contribution in [3.8, 4) is 11.5 Å². The van der Waals surface area contributed by atoms with Gasteiger partial charge in [-0.1, -0.05) is 0 Å². The Bertz CT molecular complexity index is 620. The van der Waals surface area contributed by atoms with Crippen LogP contribution in [0.2, 0.25) is 0 Å². The predicted molar refractivity (Wildman–Crippen MR) is 110 cm³/mol. The Morgan fingerprint density at radius 2 is 1.89 bits per heavy atom. The summed E-state index contributed by atoms with van der Waals surface area (Å²) in [5, 5.41) is 6.56. The van der Waals surface area contributed by atoms with Crippen LogP contribution in [0.3, 0.4) is 0 Å².